The van der Waals surface area contributed by atoms with Crippen molar-refractivity contribution >= 4 is 11.7 Å². The van der Waals surface area contributed by atoms with Gasteiger partial charge in [0, 0.05) is 19.5 Å². The molecule has 0 unspecified atom stereocenters. The number of aliphatic carboxylic acids is 1. The molecule has 0 bridgehead atoms. The predicted molar refractivity (Wildman–Crippen MR) is 80.1 cm³/mol. The summed E-state index contributed by atoms with van der Waals surface area (Å²) in [5, 5.41) is 8.91. The van der Waals surface area contributed by atoms with Crippen molar-refractivity contribution in [2.24, 2.45) is 11.3 Å². The molecule has 21 heavy (non-hydrogen) atoms. The third-order valence-electron chi connectivity index (χ3n) is 5.37. The van der Waals surface area contributed by atoms with Crippen molar-refractivity contribution in [3.63, 3.8) is 0 Å². The number of carboxylic acid groups (broad SMARTS) is 1. The van der Waals surface area contributed by atoms with E-state index in [4.69, 9.17) is 5.11 Å². The van der Waals surface area contributed by atoms with Crippen molar-refractivity contribution in [3.8, 4) is 0 Å². The molecular weight excluding hydrogens is 266 g/mol. The van der Waals surface area contributed by atoms with Crippen LogP contribution in [-0.4, -0.2) is 34.1 Å². The molecule has 5 nitrogen and oxygen atoms in total. The maximum Gasteiger partial charge on any atom is 0.303 e. The first-order valence-electron chi connectivity index (χ1n) is 7.89. The first-order chi connectivity index (χ1) is 10.2. The maximum absolute atomic E-state index is 10.8. The summed E-state index contributed by atoms with van der Waals surface area (Å²) in [6.07, 6.45) is 12.7. The molecule has 5 heteroatoms. The lowest BCUT2D eigenvalue weighted by Crippen LogP contribution is -2.42. The smallest absolute Gasteiger partial charge is 0.303 e. The van der Waals surface area contributed by atoms with Crippen molar-refractivity contribution in [2.75, 3.05) is 18.0 Å². The summed E-state index contributed by atoms with van der Waals surface area (Å²) in [5.74, 6) is -0.247. The van der Waals surface area contributed by atoms with Gasteiger partial charge in [-0.2, -0.15) is 0 Å². The van der Waals surface area contributed by atoms with Crippen molar-refractivity contribution in [1.29, 1.82) is 0 Å². The van der Waals surface area contributed by atoms with Crippen LogP contribution in [0.1, 0.15) is 44.9 Å². The monoisotopic (exact) mass is 289 g/mol. The van der Waals surface area contributed by atoms with Gasteiger partial charge >= 0.3 is 5.97 Å². The second-order valence-electron chi connectivity index (χ2n) is 6.62. The summed E-state index contributed by atoms with van der Waals surface area (Å²) in [7, 11) is 0. The number of nitrogens with zero attached hydrogens (tertiary/aromatic N) is 3. The average Bonchev–Trinajstić information content (AvgIpc) is 2.51. The van der Waals surface area contributed by atoms with E-state index in [1.807, 2.05) is 12.4 Å². The Morgan fingerprint density at radius 1 is 1.19 bits per heavy atom. The normalized spacial score (nSPS) is 22.4. The highest BCUT2D eigenvalue weighted by molar-refractivity contribution is 5.67. The highest BCUT2D eigenvalue weighted by Gasteiger charge is 2.38. The Morgan fingerprint density at radius 3 is 2.38 bits per heavy atom. The van der Waals surface area contributed by atoms with Gasteiger partial charge in [-0.25, -0.2) is 9.97 Å². The molecule has 1 aromatic heterocycles. The van der Waals surface area contributed by atoms with Crippen molar-refractivity contribution in [1.82, 2.24) is 9.97 Å². The van der Waals surface area contributed by atoms with Gasteiger partial charge in [-0.3, -0.25) is 4.79 Å². The molecule has 1 saturated heterocycles. The van der Waals surface area contributed by atoms with Gasteiger partial charge in [0.05, 0.1) is 18.1 Å². The molecule has 2 aliphatic rings. The molecule has 1 spiro atoms. The zero-order valence-corrected chi connectivity index (χ0v) is 12.4. The van der Waals surface area contributed by atoms with Crippen LogP contribution in [0, 0.1) is 11.3 Å². The minimum absolute atomic E-state index is 0.351. The van der Waals surface area contributed by atoms with Crippen molar-refractivity contribution in [3.05, 3.63) is 18.7 Å². The van der Waals surface area contributed by atoms with E-state index >= 15 is 0 Å². The van der Waals surface area contributed by atoms with Crippen LogP contribution in [0.25, 0.3) is 0 Å². The minimum atomic E-state index is -0.644. The van der Waals surface area contributed by atoms with E-state index in [9.17, 15) is 4.79 Å². The Labute approximate surface area is 125 Å². The second-order valence-corrected chi connectivity index (χ2v) is 6.62. The molecule has 3 rings (SSSR count). The number of piperidine rings is 1. The van der Waals surface area contributed by atoms with Gasteiger partial charge in [-0.1, -0.05) is 0 Å². The number of rotatable bonds is 3. The van der Waals surface area contributed by atoms with Gasteiger partial charge in [0.25, 0.3) is 0 Å². The zero-order chi connectivity index (χ0) is 14.7. The molecule has 1 N–H and O–H groups in total. The van der Waals surface area contributed by atoms with Crippen LogP contribution in [0.4, 0.5) is 5.69 Å². The van der Waals surface area contributed by atoms with E-state index in [-0.39, 0.29) is 0 Å². The van der Waals surface area contributed by atoms with E-state index in [2.05, 4.69) is 14.9 Å². The molecule has 2 fully saturated rings. The van der Waals surface area contributed by atoms with E-state index in [0.29, 0.717) is 17.8 Å². The molecule has 1 aliphatic carbocycles. The Hall–Kier alpha value is -1.65. The van der Waals surface area contributed by atoms with Gasteiger partial charge < -0.3 is 10.0 Å². The summed E-state index contributed by atoms with van der Waals surface area (Å²) in [4.78, 5) is 21.4. The molecule has 0 atom stereocenters. The van der Waals surface area contributed by atoms with E-state index in [0.717, 1.165) is 31.6 Å². The topological polar surface area (TPSA) is 66.3 Å². The number of carbonyl (C=O) groups is 1. The quantitative estimate of drug-likeness (QED) is 0.926. The summed E-state index contributed by atoms with van der Waals surface area (Å²) < 4.78 is 0. The second kappa shape index (κ2) is 6.00. The highest BCUT2D eigenvalue weighted by Crippen LogP contribution is 2.47. The lowest BCUT2D eigenvalue weighted by atomic mass is 9.65. The molecule has 1 saturated carbocycles. The van der Waals surface area contributed by atoms with Gasteiger partial charge in [-0.05, 0) is 49.9 Å². The Bertz CT molecular complexity index is 474. The van der Waals surface area contributed by atoms with Crippen molar-refractivity contribution < 1.29 is 9.90 Å². The SMILES string of the molecule is O=C(O)CC1CCC2(CC1)CCN(c1cncnc1)CC2. The lowest BCUT2D eigenvalue weighted by Gasteiger charge is -2.46. The summed E-state index contributed by atoms with van der Waals surface area (Å²) in [6, 6.07) is 0. The van der Waals surface area contributed by atoms with E-state index in [1.54, 1.807) is 6.33 Å². The molecule has 0 radical (unpaired) electrons. The zero-order valence-electron chi connectivity index (χ0n) is 12.4. The molecular formula is C16H23N3O2. The van der Waals surface area contributed by atoms with Gasteiger partial charge in [0.15, 0.2) is 0 Å². The molecule has 1 aromatic rings. The number of aromatic nitrogens is 2. The Morgan fingerprint density at radius 2 is 1.81 bits per heavy atom. The Kier molecular flexibility index (Phi) is 4.08. The number of hydrogen-bond acceptors (Lipinski definition) is 4. The first kappa shape index (κ1) is 14.3. The van der Waals surface area contributed by atoms with Gasteiger partial charge in [-0.15, -0.1) is 0 Å². The van der Waals surface area contributed by atoms with Crippen LogP contribution in [0.3, 0.4) is 0 Å². The van der Waals surface area contributed by atoms with Crippen LogP contribution in [-0.2, 0) is 4.79 Å². The highest BCUT2D eigenvalue weighted by atomic mass is 16.4. The first-order valence-corrected chi connectivity index (χ1v) is 7.89. The largest absolute Gasteiger partial charge is 0.481 e. The molecule has 0 aromatic carbocycles. The number of anilines is 1. The van der Waals surface area contributed by atoms with Crippen LogP contribution < -0.4 is 4.90 Å². The maximum atomic E-state index is 10.8. The molecule has 0 amide bonds. The predicted octanol–water partition coefficient (Wildman–Crippen LogP) is 2.73. The number of hydrogen-bond donors (Lipinski definition) is 1. The van der Waals surface area contributed by atoms with Crippen molar-refractivity contribution in [2.45, 2.75) is 44.9 Å². The summed E-state index contributed by atoms with van der Waals surface area (Å²) in [6.45, 7) is 2.13. The molecule has 114 valence electrons. The fourth-order valence-corrected chi connectivity index (χ4v) is 3.93. The van der Waals surface area contributed by atoms with E-state index < -0.39 is 5.97 Å². The van der Waals surface area contributed by atoms with Crippen LogP contribution in [0.2, 0.25) is 0 Å². The van der Waals surface area contributed by atoms with Gasteiger partial charge in [0.2, 0.25) is 0 Å². The number of carboxylic acids is 1. The molecule has 1 aliphatic heterocycles. The minimum Gasteiger partial charge on any atom is -0.481 e. The average molecular weight is 289 g/mol. The van der Waals surface area contributed by atoms with Crippen LogP contribution in [0.15, 0.2) is 18.7 Å². The Balaban J connectivity index is 1.53. The lowest BCUT2D eigenvalue weighted by molar-refractivity contribution is -0.138. The third-order valence-corrected chi connectivity index (χ3v) is 5.37. The van der Waals surface area contributed by atoms with Crippen LogP contribution >= 0.6 is 0 Å². The molecule has 2 heterocycles. The fourth-order valence-electron chi connectivity index (χ4n) is 3.93. The standard InChI is InChI=1S/C16H23N3O2/c20-15(21)9-13-1-3-16(4-2-13)5-7-19(8-6-16)14-10-17-12-18-11-14/h10-13H,1-9H2,(H,20,21). The summed E-state index contributed by atoms with van der Waals surface area (Å²) >= 11 is 0. The third kappa shape index (κ3) is 3.34. The van der Waals surface area contributed by atoms with E-state index in [1.165, 1.54) is 25.7 Å². The van der Waals surface area contributed by atoms with Crippen LogP contribution in [0.5, 0.6) is 0 Å². The fraction of sp³-hybridized carbons (Fsp3) is 0.688. The van der Waals surface area contributed by atoms with Gasteiger partial charge in [0.1, 0.15) is 6.33 Å². The summed E-state index contributed by atoms with van der Waals surface area (Å²) in [5.41, 5.74) is 1.58.